The van der Waals surface area contributed by atoms with Crippen molar-refractivity contribution in [3.63, 3.8) is 0 Å². The van der Waals surface area contributed by atoms with E-state index in [2.05, 4.69) is 15.3 Å². The number of thioether (sulfide) groups is 3. The minimum atomic E-state index is -0.463. The number of amidine groups is 1. The molecular formula is C19H23ClN4OS3. The Kier molecular flexibility index (Phi) is 8.20. The number of amides is 1. The van der Waals surface area contributed by atoms with Crippen molar-refractivity contribution in [3.05, 3.63) is 43.0 Å². The highest BCUT2D eigenvalue weighted by molar-refractivity contribution is 8.20. The maximum atomic E-state index is 13.1. The largest absolute Gasteiger partial charge is 0.306 e. The van der Waals surface area contributed by atoms with Gasteiger partial charge in [-0.3, -0.25) is 4.79 Å². The summed E-state index contributed by atoms with van der Waals surface area (Å²) in [6.45, 7) is 0. The number of aliphatic imine (C=N–C) groups is 1. The minimum absolute atomic E-state index is 0.0236. The highest BCUT2D eigenvalue weighted by Gasteiger charge is 2.41. The molecule has 1 amide bonds. The maximum Gasteiger partial charge on any atom is 0.252 e. The Morgan fingerprint density at radius 2 is 2.11 bits per heavy atom. The monoisotopic (exact) mass is 454 g/mol. The molecule has 5 nitrogen and oxygen atoms in total. The number of carbonyl (C=O) groups excluding carboxylic acids is 1. The molecule has 0 spiro atoms. The minimum Gasteiger partial charge on any atom is -0.306 e. The molecule has 2 heterocycles. The van der Waals surface area contributed by atoms with Gasteiger partial charge in [0.1, 0.15) is 4.08 Å². The second kappa shape index (κ2) is 10.6. The first-order valence-electron chi connectivity index (χ1n) is 9.03. The van der Waals surface area contributed by atoms with E-state index in [0.29, 0.717) is 11.0 Å². The van der Waals surface area contributed by atoms with E-state index in [1.807, 2.05) is 41.3 Å². The number of halogens is 1. The molecule has 0 aliphatic carbocycles. The van der Waals surface area contributed by atoms with Crippen LogP contribution in [-0.2, 0) is 4.79 Å². The molecule has 28 heavy (non-hydrogen) atoms. The molecule has 1 saturated heterocycles. The number of imidazole rings is 1. The van der Waals surface area contributed by atoms with Crippen molar-refractivity contribution < 1.29 is 4.79 Å². The number of hydrogen-bond acceptors (Lipinski definition) is 6. The highest BCUT2D eigenvalue weighted by Crippen LogP contribution is 2.45. The molecule has 0 saturated carbocycles. The Hall–Kier alpha value is -1.09. The Balaban J connectivity index is 1.72. The van der Waals surface area contributed by atoms with E-state index >= 15 is 0 Å². The average Bonchev–Trinajstić information content (AvgIpc) is 3.27. The number of hydrogen-bond donors (Lipinski definition) is 1. The van der Waals surface area contributed by atoms with Gasteiger partial charge in [0.05, 0.1) is 12.0 Å². The molecule has 0 unspecified atom stereocenters. The lowest BCUT2D eigenvalue weighted by atomic mass is 10.2. The van der Waals surface area contributed by atoms with Crippen LogP contribution in [0.15, 0.2) is 48.0 Å². The van der Waals surface area contributed by atoms with Gasteiger partial charge >= 0.3 is 0 Å². The molecule has 150 valence electrons. The number of alkyl halides is 1. The van der Waals surface area contributed by atoms with Gasteiger partial charge in [-0.15, -0.1) is 35.1 Å². The summed E-state index contributed by atoms with van der Waals surface area (Å²) in [6.07, 6.45) is 10.1. The summed E-state index contributed by atoms with van der Waals surface area (Å²) in [6, 6.07) is 7.83. The number of carbonyl (C=O) groups is 1. The van der Waals surface area contributed by atoms with Gasteiger partial charge in [-0.2, -0.15) is 0 Å². The standard InChI is InChI=1S/C19H23ClN4OS3/c1-26-18(22-15-4-6-16(7-5-15)24-11-10-21-14-24)23-17(25)19(8-2-9-20)27-12-3-13-28-19/h4-7,10-11,14H,2-3,8-9,12-13H2,1H3,(H,22,23,25). The van der Waals surface area contributed by atoms with Gasteiger partial charge in [-0.05, 0) is 61.3 Å². The number of nitrogens with zero attached hydrogens (tertiary/aromatic N) is 3. The first kappa shape index (κ1) is 21.6. The normalized spacial score (nSPS) is 16.7. The zero-order chi connectivity index (χ0) is 19.8. The Bertz CT molecular complexity index is 790. The predicted molar refractivity (Wildman–Crippen MR) is 125 cm³/mol. The third-order valence-corrected chi connectivity index (χ3v) is 8.49. The third kappa shape index (κ3) is 5.49. The van der Waals surface area contributed by atoms with E-state index in [-0.39, 0.29) is 5.91 Å². The fraction of sp³-hybridized carbons (Fsp3) is 0.421. The molecule has 1 aliphatic heterocycles. The molecule has 9 heteroatoms. The molecule has 0 radical (unpaired) electrons. The van der Waals surface area contributed by atoms with Gasteiger partial charge in [-0.25, -0.2) is 9.98 Å². The fourth-order valence-electron chi connectivity index (χ4n) is 2.81. The van der Waals surface area contributed by atoms with Crippen LogP contribution in [0.1, 0.15) is 19.3 Å². The van der Waals surface area contributed by atoms with Gasteiger partial charge in [0.2, 0.25) is 0 Å². The second-order valence-electron chi connectivity index (χ2n) is 6.16. The van der Waals surface area contributed by atoms with Crippen LogP contribution >= 0.6 is 46.9 Å². The summed E-state index contributed by atoms with van der Waals surface area (Å²) in [5.41, 5.74) is 1.81. The van der Waals surface area contributed by atoms with Gasteiger partial charge in [-0.1, -0.05) is 11.8 Å². The summed E-state index contributed by atoms with van der Waals surface area (Å²) in [7, 11) is 0. The van der Waals surface area contributed by atoms with Crippen LogP contribution in [0.2, 0.25) is 0 Å². The van der Waals surface area contributed by atoms with Crippen molar-refractivity contribution in [1.82, 2.24) is 14.9 Å². The van der Waals surface area contributed by atoms with Crippen LogP contribution in [0.4, 0.5) is 5.69 Å². The van der Waals surface area contributed by atoms with Crippen molar-refractivity contribution in [2.75, 3.05) is 23.6 Å². The lowest BCUT2D eigenvalue weighted by molar-refractivity contribution is -0.120. The molecule has 0 atom stereocenters. The second-order valence-corrected chi connectivity index (χ2v) is 10.4. The molecule has 0 bridgehead atoms. The summed E-state index contributed by atoms with van der Waals surface area (Å²) < 4.78 is 1.47. The SMILES string of the molecule is CS/C(=N\c1ccc(-n2ccnc2)cc1)NC(=O)C1(CCCCl)SCCCS1. The zero-order valence-corrected chi connectivity index (χ0v) is 18.8. The van der Waals surface area contributed by atoms with Crippen molar-refractivity contribution in [2.24, 2.45) is 4.99 Å². The smallest absolute Gasteiger partial charge is 0.252 e. The predicted octanol–water partition coefficient (Wildman–Crippen LogP) is 4.92. The van der Waals surface area contributed by atoms with Crippen LogP contribution in [0, 0.1) is 0 Å². The van der Waals surface area contributed by atoms with E-state index < -0.39 is 4.08 Å². The molecule has 1 aromatic carbocycles. The summed E-state index contributed by atoms with van der Waals surface area (Å²) in [5.74, 6) is 2.60. The number of benzene rings is 1. The Labute approximate surface area is 183 Å². The van der Waals surface area contributed by atoms with Crippen LogP contribution in [-0.4, -0.2) is 48.3 Å². The molecule has 2 aromatic rings. The first-order valence-corrected chi connectivity index (χ1v) is 12.8. The van der Waals surface area contributed by atoms with E-state index in [1.165, 1.54) is 11.8 Å². The van der Waals surface area contributed by atoms with Gasteiger partial charge in [0.25, 0.3) is 5.91 Å². The average molecular weight is 455 g/mol. The van der Waals surface area contributed by atoms with E-state index in [0.717, 1.165) is 42.1 Å². The number of rotatable bonds is 6. The van der Waals surface area contributed by atoms with Crippen molar-refractivity contribution in [2.45, 2.75) is 23.3 Å². The molecule has 1 aliphatic rings. The number of nitrogens with one attached hydrogen (secondary N) is 1. The summed E-state index contributed by atoms with van der Waals surface area (Å²) in [4.78, 5) is 21.8. The van der Waals surface area contributed by atoms with Crippen LogP contribution in [0.25, 0.3) is 5.69 Å². The Morgan fingerprint density at radius 3 is 2.71 bits per heavy atom. The van der Waals surface area contributed by atoms with E-state index in [9.17, 15) is 4.79 Å². The molecular weight excluding hydrogens is 432 g/mol. The van der Waals surface area contributed by atoms with Crippen molar-refractivity contribution >= 4 is 63.6 Å². The Morgan fingerprint density at radius 1 is 1.36 bits per heavy atom. The van der Waals surface area contributed by atoms with Crippen molar-refractivity contribution in [3.8, 4) is 5.69 Å². The topological polar surface area (TPSA) is 59.3 Å². The van der Waals surface area contributed by atoms with E-state index in [4.69, 9.17) is 11.6 Å². The van der Waals surface area contributed by atoms with Gasteiger partial charge in [0.15, 0.2) is 5.17 Å². The maximum absolute atomic E-state index is 13.1. The molecule has 1 N–H and O–H groups in total. The van der Waals surface area contributed by atoms with Crippen LogP contribution in [0.5, 0.6) is 0 Å². The first-order chi connectivity index (χ1) is 13.7. The summed E-state index contributed by atoms with van der Waals surface area (Å²) >= 11 is 10.8. The van der Waals surface area contributed by atoms with Gasteiger partial charge in [0, 0.05) is 24.0 Å². The van der Waals surface area contributed by atoms with Gasteiger partial charge < -0.3 is 9.88 Å². The molecule has 1 fully saturated rings. The lowest BCUT2D eigenvalue weighted by Crippen LogP contribution is -2.45. The van der Waals surface area contributed by atoms with Crippen LogP contribution < -0.4 is 5.32 Å². The number of aromatic nitrogens is 2. The van der Waals surface area contributed by atoms with Crippen molar-refractivity contribution in [1.29, 1.82) is 0 Å². The summed E-state index contributed by atoms with van der Waals surface area (Å²) in [5, 5.41) is 3.66. The lowest BCUT2D eigenvalue weighted by Gasteiger charge is -2.34. The highest BCUT2D eigenvalue weighted by atomic mass is 35.5. The molecule has 1 aromatic heterocycles. The van der Waals surface area contributed by atoms with E-state index in [1.54, 1.807) is 36.0 Å². The quantitative estimate of drug-likeness (QED) is 0.381. The zero-order valence-electron chi connectivity index (χ0n) is 15.6. The fourth-order valence-corrected chi connectivity index (χ4v) is 6.53. The molecule has 3 rings (SSSR count). The van der Waals surface area contributed by atoms with Crippen LogP contribution in [0.3, 0.4) is 0 Å². The third-order valence-electron chi connectivity index (χ3n) is 4.24.